The Balaban J connectivity index is 0.000000572. The smallest absolute Gasteiger partial charge is 0.475 e. The van der Waals surface area contributed by atoms with Crippen LogP contribution in [-0.4, -0.2) is 105 Å². The number of rotatable bonds is 7. The van der Waals surface area contributed by atoms with Crippen LogP contribution in [0.4, 0.5) is 13.2 Å². The molecular weight excluding hydrogens is 501 g/mol. The lowest BCUT2D eigenvalue weighted by Gasteiger charge is -2.32. The van der Waals surface area contributed by atoms with Crippen LogP contribution in [-0.2, 0) is 19.6 Å². The molecule has 2 fully saturated rings. The molecular formula is C23H35F3N4O5S. The summed E-state index contributed by atoms with van der Waals surface area (Å²) in [5, 5.41) is 10.4. The number of nitrogens with one attached hydrogen (secondary N) is 1. The van der Waals surface area contributed by atoms with Crippen molar-refractivity contribution in [3.05, 3.63) is 29.3 Å². The molecule has 2 aliphatic rings. The topological polar surface area (TPSA) is 110 Å². The van der Waals surface area contributed by atoms with Crippen molar-refractivity contribution >= 4 is 21.9 Å². The molecule has 1 aromatic rings. The fraction of sp³-hybridized carbons (Fsp3) is 0.652. The fourth-order valence-corrected chi connectivity index (χ4v) is 5.70. The fourth-order valence-electron chi connectivity index (χ4n) is 4.11. The summed E-state index contributed by atoms with van der Waals surface area (Å²) >= 11 is 0. The Morgan fingerprint density at radius 1 is 1.06 bits per heavy atom. The van der Waals surface area contributed by atoms with Gasteiger partial charge in [0.1, 0.15) is 0 Å². The Hall–Kier alpha value is -2.22. The van der Waals surface area contributed by atoms with E-state index in [1.165, 1.54) is 10.7 Å². The normalized spacial score (nSPS) is 17.4. The van der Waals surface area contributed by atoms with Crippen molar-refractivity contribution < 1.29 is 36.3 Å². The molecule has 0 saturated carbocycles. The third-order valence-corrected chi connectivity index (χ3v) is 8.09. The maximum Gasteiger partial charge on any atom is 0.490 e. The van der Waals surface area contributed by atoms with Crippen LogP contribution in [0, 0.1) is 13.8 Å². The second kappa shape index (κ2) is 13.4. The van der Waals surface area contributed by atoms with Gasteiger partial charge >= 0.3 is 12.1 Å². The zero-order valence-electron chi connectivity index (χ0n) is 20.7. The number of nitrogens with zero attached hydrogens (tertiary/aromatic N) is 3. The first-order chi connectivity index (χ1) is 16.8. The highest BCUT2D eigenvalue weighted by atomic mass is 32.2. The van der Waals surface area contributed by atoms with Crippen molar-refractivity contribution in [2.24, 2.45) is 0 Å². The number of halogens is 3. The van der Waals surface area contributed by atoms with E-state index in [2.05, 4.69) is 10.2 Å². The molecule has 0 radical (unpaired) electrons. The highest BCUT2D eigenvalue weighted by Gasteiger charge is 2.38. The molecule has 3 rings (SSSR count). The third kappa shape index (κ3) is 9.02. The summed E-state index contributed by atoms with van der Waals surface area (Å²) in [7, 11) is -3.74. The average molecular weight is 537 g/mol. The van der Waals surface area contributed by atoms with Gasteiger partial charge in [-0.15, -0.1) is 0 Å². The summed E-state index contributed by atoms with van der Waals surface area (Å²) in [5.74, 6) is -2.87. The summed E-state index contributed by atoms with van der Waals surface area (Å²) in [6.07, 6.45) is -1.53. The van der Waals surface area contributed by atoms with E-state index in [4.69, 9.17) is 9.90 Å². The minimum absolute atomic E-state index is 0.0938. The molecule has 0 bridgehead atoms. The molecule has 1 amide bonds. The highest BCUT2D eigenvalue weighted by molar-refractivity contribution is 7.89. The molecule has 0 aromatic heterocycles. The van der Waals surface area contributed by atoms with Gasteiger partial charge in [0.2, 0.25) is 15.9 Å². The molecule has 0 atom stereocenters. The second-order valence-electron chi connectivity index (χ2n) is 8.94. The molecule has 2 aliphatic heterocycles. The van der Waals surface area contributed by atoms with Crippen LogP contribution in [0.25, 0.3) is 0 Å². The summed E-state index contributed by atoms with van der Waals surface area (Å²) in [5.41, 5.74) is 1.75. The quantitative estimate of drug-likeness (QED) is 0.547. The van der Waals surface area contributed by atoms with Gasteiger partial charge in [0, 0.05) is 39.3 Å². The zero-order valence-corrected chi connectivity index (χ0v) is 21.5. The number of piperazine rings is 1. The Kier molecular flexibility index (Phi) is 11.1. The molecule has 0 unspecified atom stereocenters. The van der Waals surface area contributed by atoms with E-state index in [0.29, 0.717) is 31.1 Å². The summed E-state index contributed by atoms with van der Waals surface area (Å²) < 4.78 is 60.1. The van der Waals surface area contributed by atoms with Gasteiger partial charge in [0.15, 0.2) is 0 Å². The predicted octanol–water partition coefficient (Wildman–Crippen LogP) is 1.85. The molecule has 0 spiro atoms. The summed E-state index contributed by atoms with van der Waals surface area (Å²) in [6, 6.07) is 5.37. The third-order valence-electron chi connectivity index (χ3n) is 6.09. The number of alkyl halides is 3. The Morgan fingerprint density at radius 2 is 1.64 bits per heavy atom. The van der Waals surface area contributed by atoms with Crippen LogP contribution >= 0.6 is 0 Å². The van der Waals surface area contributed by atoms with E-state index >= 15 is 0 Å². The van der Waals surface area contributed by atoms with Gasteiger partial charge in [-0.25, -0.2) is 13.2 Å². The van der Waals surface area contributed by atoms with Crippen LogP contribution < -0.4 is 5.32 Å². The van der Waals surface area contributed by atoms with Crippen molar-refractivity contribution in [3.8, 4) is 0 Å². The van der Waals surface area contributed by atoms with Gasteiger partial charge in [-0.05, 0) is 51.4 Å². The van der Waals surface area contributed by atoms with Crippen molar-refractivity contribution in [2.45, 2.75) is 44.2 Å². The maximum absolute atomic E-state index is 13.5. The van der Waals surface area contributed by atoms with Crippen molar-refractivity contribution in [3.63, 3.8) is 0 Å². The van der Waals surface area contributed by atoms with Gasteiger partial charge in [-0.3, -0.25) is 4.79 Å². The molecule has 36 heavy (non-hydrogen) atoms. The lowest BCUT2D eigenvalue weighted by Crippen LogP contribution is -2.51. The van der Waals surface area contributed by atoms with E-state index < -0.39 is 22.2 Å². The van der Waals surface area contributed by atoms with Crippen LogP contribution in [0.2, 0.25) is 0 Å². The largest absolute Gasteiger partial charge is 0.490 e. The van der Waals surface area contributed by atoms with Gasteiger partial charge < -0.3 is 20.2 Å². The molecule has 204 valence electrons. The molecule has 0 aliphatic carbocycles. The first-order valence-electron chi connectivity index (χ1n) is 11.9. The number of aliphatic carboxylic acids is 1. The van der Waals surface area contributed by atoms with E-state index in [1.807, 2.05) is 26.0 Å². The molecule has 1 aromatic carbocycles. The second-order valence-corrected chi connectivity index (χ2v) is 10.8. The van der Waals surface area contributed by atoms with Crippen LogP contribution in [0.1, 0.15) is 30.4 Å². The maximum atomic E-state index is 13.5. The lowest BCUT2D eigenvalue weighted by atomic mass is 10.1. The Labute approximate surface area is 210 Å². The van der Waals surface area contributed by atoms with Crippen LogP contribution in [0.3, 0.4) is 0 Å². The van der Waals surface area contributed by atoms with Crippen molar-refractivity contribution in [2.75, 3.05) is 58.9 Å². The number of carbonyl (C=O) groups excluding carboxylic acids is 1. The Morgan fingerprint density at radius 3 is 2.17 bits per heavy atom. The number of likely N-dealkylation sites (tertiary alicyclic amines) is 1. The number of aryl methyl sites for hydroxylation is 2. The number of sulfonamides is 1. The number of piperidine rings is 1. The van der Waals surface area contributed by atoms with Gasteiger partial charge in [-0.1, -0.05) is 24.1 Å². The molecule has 2 N–H and O–H groups in total. The van der Waals surface area contributed by atoms with E-state index in [-0.39, 0.29) is 12.5 Å². The number of amides is 1. The number of hydrogen-bond donors (Lipinski definition) is 2. The molecule has 2 saturated heterocycles. The van der Waals surface area contributed by atoms with E-state index in [0.717, 1.165) is 50.1 Å². The van der Waals surface area contributed by atoms with Gasteiger partial charge in [-0.2, -0.15) is 17.5 Å². The first-order valence-corrected chi connectivity index (χ1v) is 13.3. The number of carbonyl (C=O) groups is 2. The summed E-state index contributed by atoms with van der Waals surface area (Å²) in [6.45, 7) is 9.45. The van der Waals surface area contributed by atoms with Crippen LogP contribution in [0.15, 0.2) is 23.1 Å². The lowest BCUT2D eigenvalue weighted by molar-refractivity contribution is -0.192. The van der Waals surface area contributed by atoms with E-state index in [9.17, 15) is 26.4 Å². The number of carboxylic acid groups (broad SMARTS) is 1. The summed E-state index contributed by atoms with van der Waals surface area (Å²) in [4.78, 5) is 26.1. The molecule has 13 heteroatoms. The minimum atomic E-state index is -5.08. The standard InChI is InChI=1S/C21H34N4O3S.C2HF3O2/c1-18-6-7-20(19(2)16-18)29(27,28)25(15-14-23-10-4-3-5-11-23)17-21(26)24-12-8-22-9-13-24;3-2(4,5)1(6)7/h6-7,16,22H,3-5,8-15,17H2,1-2H3;(H,6,7). The van der Waals surface area contributed by atoms with Crippen molar-refractivity contribution in [1.29, 1.82) is 0 Å². The zero-order chi connectivity index (χ0) is 26.9. The van der Waals surface area contributed by atoms with Gasteiger partial charge in [0.25, 0.3) is 0 Å². The molecule has 9 nitrogen and oxygen atoms in total. The number of carboxylic acids is 1. The number of hydrogen-bond acceptors (Lipinski definition) is 6. The predicted molar refractivity (Wildman–Crippen MR) is 128 cm³/mol. The number of benzene rings is 1. The monoisotopic (exact) mass is 536 g/mol. The van der Waals surface area contributed by atoms with Crippen molar-refractivity contribution in [1.82, 2.24) is 19.4 Å². The van der Waals surface area contributed by atoms with Crippen LogP contribution in [0.5, 0.6) is 0 Å². The first kappa shape index (κ1) is 30.0. The SMILES string of the molecule is Cc1ccc(S(=O)(=O)N(CCN2CCCCC2)CC(=O)N2CCNCC2)c(C)c1.O=C(O)C(F)(F)F. The van der Waals surface area contributed by atoms with E-state index in [1.54, 1.807) is 11.0 Å². The Bertz CT molecular complexity index is 992. The van der Waals surface area contributed by atoms with Gasteiger partial charge in [0.05, 0.1) is 11.4 Å². The highest BCUT2D eigenvalue weighted by Crippen LogP contribution is 2.22. The average Bonchev–Trinajstić information content (AvgIpc) is 2.82. The molecule has 2 heterocycles. The minimum Gasteiger partial charge on any atom is -0.475 e.